The Morgan fingerprint density at radius 1 is 1.22 bits per heavy atom. The molecule has 1 aromatic heterocycles. The molecule has 0 bridgehead atoms. The molecular weight excluding hydrogens is 338 g/mol. The molecule has 0 unspecified atom stereocenters. The predicted octanol–water partition coefficient (Wildman–Crippen LogP) is 3.09. The number of hydrogen-bond donors (Lipinski definition) is 0. The van der Waals surface area contributed by atoms with E-state index in [1.54, 1.807) is 0 Å². The van der Waals surface area contributed by atoms with Crippen molar-refractivity contribution in [3.05, 3.63) is 65.5 Å². The molecule has 1 aromatic carbocycles. The molecule has 0 saturated heterocycles. The van der Waals surface area contributed by atoms with Gasteiger partial charge in [-0.3, -0.25) is 4.99 Å². The highest BCUT2D eigenvalue weighted by Crippen LogP contribution is 2.35. The molecule has 0 N–H and O–H groups in total. The molecule has 0 spiro atoms. The van der Waals surface area contributed by atoms with Crippen molar-refractivity contribution in [3.63, 3.8) is 0 Å². The van der Waals surface area contributed by atoms with Crippen LogP contribution in [0.15, 0.2) is 53.7 Å². The molecule has 3 heterocycles. The molecule has 1 atom stereocenters. The van der Waals surface area contributed by atoms with E-state index < -0.39 is 0 Å². The number of pyridine rings is 1. The van der Waals surface area contributed by atoms with Gasteiger partial charge in [0.15, 0.2) is 6.20 Å². The van der Waals surface area contributed by atoms with Crippen molar-refractivity contribution in [1.29, 1.82) is 0 Å². The van der Waals surface area contributed by atoms with E-state index in [4.69, 9.17) is 9.73 Å². The Kier molecular flexibility index (Phi) is 4.46. The number of hydrogen-bond acceptors (Lipinski definition) is 4. The van der Waals surface area contributed by atoms with Crippen LogP contribution in [0.5, 0.6) is 0 Å². The first-order chi connectivity index (χ1) is 13.0. The summed E-state index contributed by atoms with van der Waals surface area (Å²) in [5, 5.41) is 0. The molecule has 0 amide bonds. The van der Waals surface area contributed by atoms with Crippen molar-refractivity contribution >= 4 is 11.8 Å². The molecule has 27 heavy (non-hydrogen) atoms. The third kappa shape index (κ3) is 3.22. The summed E-state index contributed by atoms with van der Waals surface area (Å²) in [7, 11) is 2.10. The Hall–Kier alpha value is -2.69. The number of carbonyl (C=O) groups excluding carboxylic acids is 1. The van der Waals surface area contributed by atoms with Gasteiger partial charge in [-0.15, -0.1) is 0 Å². The van der Waals surface area contributed by atoms with Crippen molar-refractivity contribution in [2.75, 3.05) is 20.1 Å². The number of carbonyl (C=O) groups is 1. The van der Waals surface area contributed by atoms with E-state index in [0.29, 0.717) is 12.1 Å². The minimum atomic E-state index is -0.289. The predicted molar refractivity (Wildman–Crippen MR) is 104 cm³/mol. The molecule has 5 heteroatoms. The zero-order valence-electron chi connectivity index (χ0n) is 16.2. The van der Waals surface area contributed by atoms with Crippen LogP contribution in [0.2, 0.25) is 0 Å². The molecule has 2 aliphatic rings. The SMILES string of the molecule is CN1CCCN=C1c1ccccc1C(C)(C)C[C@H]1OC(=O)c2cccc[n+]21. The van der Waals surface area contributed by atoms with Crippen LogP contribution >= 0.6 is 0 Å². The van der Waals surface area contributed by atoms with Crippen molar-refractivity contribution in [2.24, 2.45) is 4.99 Å². The summed E-state index contributed by atoms with van der Waals surface area (Å²) >= 11 is 0. The van der Waals surface area contributed by atoms with Crippen molar-refractivity contribution in [2.45, 2.75) is 38.3 Å². The first kappa shape index (κ1) is 17.7. The molecule has 5 nitrogen and oxygen atoms in total. The largest absolute Gasteiger partial charge is 0.408 e. The van der Waals surface area contributed by atoms with E-state index >= 15 is 0 Å². The maximum absolute atomic E-state index is 12.2. The Bertz CT molecular complexity index is 904. The van der Waals surface area contributed by atoms with Crippen LogP contribution < -0.4 is 4.57 Å². The van der Waals surface area contributed by atoms with Crippen molar-refractivity contribution in [1.82, 2.24) is 4.90 Å². The number of aromatic nitrogens is 1. The maximum atomic E-state index is 12.2. The van der Waals surface area contributed by atoms with Crippen LogP contribution in [0.25, 0.3) is 0 Å². The molecule has 140 valence electrons. The summed E-state index contributed by atoms with van der Waals surface area (Å²) in [5.74, 6) is 0.808. The monoisotopic (exact) mass is 364 g/mol. The molecule has 2 aromatic rings. The van der Waals surface area contributed by atoms with Gasteiger partial charge < -0.3 is 9.64 Å². The van der Waals surface area contributed by atoms with Crippen LogP contribution in [-0.4, -0.2) is 36.8 Å². The van der Waals surface area contributed by atoms with Gasteiger partial charge >= 0.3 is 12.2 Å². The van der Waals surface area contributed by atoms with Crippen LogP contribution in [0.3, 0.4) is 0 Å². The Balaban J connectivity index is 1.68. The summed E-state index contributed by atoms with van der Waals surface area (Å²) in [6.07, 6.45) is 3.43. The number of benzene rings is 1. The second-order valence-corrected chi connectivity index (χ2v) is 7.97. The number of amidine groups is 1. The molecule has 0 radical (unpaired) electrons. The van der Waals surface area contributed by atoms with E-state index in [9.17, 15) is 4.79 Å². The molecule has 0 fully saturated rings. The van der Waals surface area contributed by atoms with Crippen LogP contribution in [0, 0.1) is 0 Å². The van der Waals surface area contributed by atoms with Gasteiger partial charge in [-0.1, -0.05) is 38.1 Å². The number of aliphatic imine (C=N–C) groups is 1. The number of esters is 1. The molecule has 2 aliphatic heterocycles. The third-order valence-electron chi connectivity index (χ3n) is 5.51. The lowest BCUT2D eigenvalue weighted by atomic mass is 9.78. The number of ether oxygens (including phenoxy) is 1. The van der Waals surface area contributed by atoms with Crippen molar-refractivity contribution in [3.8, 4) is 0 Å². The van der Waals surface area contributed by atoms with Crippen LogP contribution in [0.1, 0.15) is 54.5 Å². The molecular formula is C22H26N3O2+. The van der Waals surface area contributed by atoms with Gasteiger partial charge in [0.1, 0.15) is 5.84 Å². The van der Waals surface area contributed by atoms with E-state index in [0.717, 1.165) is 25.3 Å². The summed E-state index contributed by atoms with van der Waals surface area (Å²) in [6.45, 7) is 6.32. The highest BCUT2D eigenvalue weighted by Gasteiger charge is 2.43. The van der Waals surface area contributed by atoms with E-state index in [1.165, 1.54) is 11.1 Å². The summed E-state index contributed by atoms with van der Waals surface area (Å²) in [4.78, 5) is 19.2. The summed E-state index contributed by atoms with van der Waals surface area (Å²) < 4.78 is 7.62. The highest BCUT2D eigenvalue weighted by molar-refractivity contribution is 6.00. The van der Waals surface area contributed by atoms with E-state index in [2.05, 4.69) is 50.1 Å². The van der Waals surface area contributed by atoms with Crippen molar-refractivity contribution < 1.29 is 14.1 Å². The molecule has 0 saturated carbocycles. The Morgan fingerprint density at radius 2 is 2.00 bits per heavy atom. The normalized spacial score (nSPS) is 19.5. The third-order valence-corrected chi connectivity index (χ3v) is 5.51. The van der Waals surface area contributed by atoms with Gasteiger partial charge in [0, 0.05) is 43.2 Å². The fraction of sp³-hybridized carbons (Fsp3) is 0.409. The highest BCUT2D eigenvalue weighted by atomic mass is 16.6. The lowest BCUT2D eigenvalue weighted by Crippen LogP contribution is -2.41. The smallest absolute Gasteiger partial charge is 0.394 e. The van der Waals surface area contributed by atoms with E-state index in [-0.39, 0.29) is 17.6 Å². The number of cyclic esters (lactones) is 1. The summed E-state index contributed by atoms with van der Waals surface area (Å²) in [6, 6.07) is 14.1. The second-order valence-electron chi connectivity index (χ2n) is 7.97. The average molecular weight is 364 g/mol. The molecule has 4 rings (SSSR count). The lowest BCUT2D eigenvalue weighted by Gasteiger charge is -2.32. The number of rotatable bonds is 4. The van der Waals surface area contributed by atoms with Crippen LogP contribution in [-0.2, 0) is 10.2 Å². The number of nitrogens with zero attached hydrogens (tertiary/aromatic N) is 3. The van der Waals surface area contributed by atoms with Crippen LogP contribution in [0.4, 0.5) is 0 Å². The Morgan fingerprint density at radius 3 is 2.81 bits per heavy atom. The fourth-order valence-corrected chi connectivity index (χ4v) is 4.09. The standard InChI is InChI=1S/C22H26N3O2/c1-22(2,15-19-25-14-7-6-11-18(25)21(26)27-19)17-10-5-4-9-16(17)20-23-12-8-13-24(20)3/h4-7,9-11,14,19H,8,12-13,15H2,1-3H3/q+1/t19-/m1/s1. The first-order valence-electron chi connectivity index (χ1n) is 9.54. The molecule has 0 aliphatic carbocycles. The van der Waals surface area contributed by atoms with Gasteiger partial charge in [-0.05, 0) is 18.1 Å². The van der Waals surface area contributed by atoms with Gasteiger partial charge in [0.25, 0.3) is 5.69 Å². The number of fused-ring (bicyclic) bond motifs is 1. The fourth-order valence-electron chi connectivity index (χ4n) is 4.09. The van der Waals surface area contributed by atoms with Gasteiger partial charge in [0.05, 0.1) is 6.42 Å². The van der Waals surface area contributed by atoms with E-state index in [1.807, 2.05) is 29.0 Å². The maximum Gasteiger partial charge on any atom is 0.408 e. The zero-order chi connectivity index (χ0) is 19.0. The first-order valence-corrected chi connectivity index (χ1v) is 9.54. The average Bonchev–Trinajstić information content (AvgIpc) is 2.98. The minimum Gasteiger partial charge on any atom is -0.394 e. The quantitative estimate of drug-likeness (QED) is 0.619. The Labute approximate surface area is 160 Å². The summed E-state index contributed by atoms with van der Waals surface area (Å²) in [5.41, 5.74) is 2.83. The van der Waals surface area contributed by atoms with Gasteiger partial charge in [0.2, 0.25) is 0 Å². The second kappa shape index (κ2) is 6.80. The van der Waals surface area contributed by atoms with Gasteiger partial charge in [-0.25, -0.2) is 4.79 Å². The zero-order valence-corrected chi connectivity index (χ0v) is 16.2. The minimum absolute atomic E-state index is 0.188. The lowest BCUT2D eigenvalue weighted by molar-refractivity contribution is -0.745. The van der Waals surface area contributed by atoms with Gasteiger partial charge in [-0.2, -0.15) is 4.57 Å². The topological polar surface area (TPSA) is 45.8 Å².